The average molecular weight is 447 g/mol. The quantitative estimate of drug-likeness (QED) is 0.544. The van der Waals surface area contributed by atoms with Gasteiger partial charge in [-0.3, -0.25) is 9.59 Å². The SMILES string of the molecule is CCC(C(=O)NC(C)C)N(Cc1cccc(C)c1)C(=O)CSCc1ccccc1Cl. The van der Waals surface area contributed by atoms with Gasteiger partial charge in [-0.1, -0.05) is 66.6 Å². The van der Waals surface area contributed by atoms with Gasteiger partial charge in [0, 0.05) is 23.4 Å². The Hall–Kier alpha value is -1.98. The van der Waals surface area contributed by atoms with Gasteiger partial charge in [-0.05, 0) is 44.4 Å². The van der Waals surface area contributed by atoms with E-state index in [4.69, 9.17) is 11.6 Å². The number of nitrogens with zero attached hydrogens (tertiary/aromatic N) is 1. The van der Waals surface area contributed by atoms with E-state index in [1.54, 1.807) is 4.90 Å². The van der Waals surface area contributed by atoms with Crippen LogP contribution in [0.25, 0.3) is 0 Å². The molecule has 0 saturated heterocycles. The molecule has 0 aliphatic rings. The summed E-state index contributed by atoms with van der Waals surface area (Å²) in [6.07, 6.45) is 0.561. The Morgan fingerprint density at radius 3 is 2.50 bits per heavy atom. The number of hydrogen-bond acceptors (Lipinski definition) is 3. The normalized spacial score (nSPS) is 11.9. The van der Waals surface area contributed by atoms with Crippen molar-refractivity contribution in [2.24, 2.45) is 0 Å². The monoisotopic (exact) mass is 446 g/mol. The van der Waals surface area contributed by atoms with Crippen molar-refractivity contribution in [2.75, 3.05) is 5.75 Å². The van der Waals surface area contributed by atoms with Gasteiger partial charge in [-0.25, -0.2) is 0 Å². The van der Waals surface area contributed by atoms with Gasteiger partial charge in [-0.15, -0.1) is 11.8 Å². The number of carbonyl (C=O) groups excluding carboxylic acids is 2. The predicted molar refractivity (Wildman–Crippen MR) is 127 cm³/mol. The van der Waals surface area contributed by atoms with E-state index in [-0.39, 0.29) is 17.9 Å². The first-order chi connectivity index (χ1) is 14.3. The number of thioether (sulfide) groups is 1. The summed E-state index contributed by atoms with van der Waals surface area (Å²) in [5.74, 6) is 0.796. The van der Waals surface area contributed by atoms with E-state index >= 15 is 0 Å². The number of halogens is 1. The van der Waals surface area contributed by atoms with Gasteiger partial charge in [0.25, 0.3) is 0 Å². The summed E-state index contributed by atoms with van der Waals surface area (Å²) >= 11 is 7.74. The molecule has 162 valence electrons. The topological polar surface area (TPSA) is 49.4 Å². The van der Waals surface area contributed by atoms with Crippen molar-refractivity contribution in [3.63, 3.8) is 0 Å². The van der Waals surface area contributed by atoms with Crippen LogP contribution >= 0.6 is 23.4 Å². The summed E-state index contributed by atoms with van der Waals surface area (Å²) in [5, 5.41) is 3.66. The van der Waals surface area contributed by atoms with Gasteiger partial charge in [0.05, 0.1) is 5.75 Å². The van der Waals surface area contributed by atoms with Crippen LogP contribution in [0, 0.1) is 6.92 Å². The molecule has 2 aromatic rings. The molecule has 2 rings (SSSR count). The lowest BCUT2D eigenvalue weighted by atomic mass is 10.1. The molecule has 1 unspecified atom stereocenters. The Morgan fingerprint density at radius 1 is 1.13 bits per heavy atom. The second-order valence-electron chi connectivity index (χ2n) is 7.68. The molecule has 2 amide bonds. The van der Waals surface area contributed by atoms with Gasteiger partial charge >= 0.3 is 0 Å². The van der Waals surface area contributed by atoms with Gasteiger partial charge in [0.1, 0.15) is 6.04 Å². The van der Waals surface area contributed by atoms with Crippen LogP contribution in [0.2, 0.25) is 5.02 Å². The zero-order chi connectivity index (χ0) is 22.1. The molecule has 4 nitrogen and oxygen atoms in total. The van der Waals surface area contributed by atoms with Crippen LogP contribution in [-0.4, -0.2) is 34.6 Å². The Balaban J connectivity index is 2.14. The van der Waals surface area contributed by atoms with Crippen LogP contribution in [0.4, 0.5) is 0 Å². The van der Waals surface area contributed by atoms with Gasteiger partial charge in [0.2, 0.25) is 11.8 Å². The van der Waals surface area contributed by atoms with Crippen LogP contribution in [-0.2, 0) is 21.9 Å². The molecule has 0 aromatic heterocycles. The third-order valence-electron chi connectivity index (χ3n) is 4.69. The number of nitrogens with one attached hydrogen (secondary N) is 1. The van der Waals surface area contributed by atoms with Crippen molar-refractivity contribution in [1.29, 1.82) is 0 Å². The highest BCUT2D eigenvalue weighted by Gasteiger charge is 2.28. The molecule has 1 atom stereocenters. The van der Waals surface area contributed by atoms with E-state index in [1.807, 2.05) is 70.2 Å². The van der Waals surface area contributed by atoms with E-state index in [0.717, 1.165) is 16.7 Å². The molecule has 0 saturated carbocycles. The number of aryl methyl sites for hydroxylation is 1. The largest absolute Gasteiger partial charge is 0.352 e. The fourth-order valence-corrected chi connectivity index (χ4v) is 4.45. The molecular formula is C24H31ClN2O2S. The third-order valence-corrected chi connectivity index (χ3v) is 6.03. The maximum Gasteiger partial charge on any atom is 0.243 e. The van der Waals surface area contributed by atoms with Crippen molar-refractivity contribution in [3.8, 4) is 0 Å². The number of amides is 2. The van der Waals surface area contributed by atoms with Crippen LogP contribution in [0.5, 0.6) is 0 Å². The fourth-order valence-electron chi connectivity index (χ4n) is 3.25. The van der Waals surface area contributed by atoms with E-state index in [1.165, 1.54) is 11.8 Å². The fraction of sp³-hybridized carbons (Fsp3) is 0.417. The molecule has 0 spiro atoms. The molecule has 0 bridgehead atoms. The smallest absolute Gasteiger partial charge is 0.243 e. The number of benzene rings is 2. The van der Waals surface area contributed by atoms with E-state index in [0.29, 0.717) is 29.5 Å². The lowest BCUT2D eigenvalue weighted by Gasteiger charge is -2.31. The molecule has 0 radical (unpaired) electrons. The van der Waals surface area contributed by atoms with Gasteiger partial charge < -0.3 is 10.2 Å². The summed E-state index contributed by atoms with van der Waals surface area (Å²) in [6.45, 7) is 8.24. The van der Waals surface area contributed by atoms with Gasteiger partial charge in [-0.2, -0.15) is 0 Å². The second-order valence-corrected chi connectivity index (χ2v) is 9.08. The Bertz CT molecular complexity index is 857. The molecule has 0 aliphatic carbocycles. The lowest BCUT2D eigenvalue weighted by Crippen LogP contribution is -2.50. The van der Waals surface area contributed by atoms with E-state index < -0.39 is 6.04 Å². The van der Waals surface area contributed by atoms with Crippen LogP contribution in [0.1, 0.15) is 43.9 Å². The Morgan fingerprint density at radius 2 is 1.87 bits per heavy atom. The molecule has 30 heavy (non-hydrogen) atoms. The minimum absolute atomic E-state index is 0.0251. The number of hydrogen-bond donors (Lipinski definition) is 1. The number of carbonyl (C=O) groups is 2. The first-order valence-corrected chi connectivity index (χ1v) is 11.8. The van der Waals surface area contributed by atoms with Crippen molar-refractivity contribution in [2.45, 2.75) is 58.5 Å². The standard InChI is InChI=1S/C24H31ClN2O2S/c1-5-22(24(29)26-17(2)3)27(14-19-10-8-9-18(4)13-19)23(28)16-30-15-20-11-6-7-12-21(20)25/h6-13,17,22H,5,14-16H2,1-4H3,(H,26,29). The Kier molecular flexibility index (Phi) is 9.73. The zero-order valence-electron chi connectivity index (χ0n) is 18.2. The van der Waals surface area contributed by atoms with E-state index in [9.17, 15) is 9.59 Å². The third kappa shape index (κ3) is 7.37. The minimum Gasteiger partial charge on any atom is -0.352 e. The average Bonchev–Trinajstić information content (AvgIpc) is 2.68. The first-order valence-electron chi connectivity index (χ1n) is 10.3. The first kappa shape index (κ1) is 24.3. The molecule has 0 fully saturated rings. The van der Waals surface area contributed by atoms with Crippen molar-refractivity contribution in [3.05, 3.63) is 70.2 Å². The zero-order valence-corrected chi connectivity index (χ0v) is 19.7. The molecule has 0 aliphatic heterocycles. The minimum atomic E-state index is -0.499. The van der Waals surface area contributed by atoms with Crippen molar-refractivity contribution in [1.82, 2.24) is 10.2 Å². The highest BCUT2D eigenvalue weighted by atomic mass is 35.5. The van der Waals surface area contributed by atoms with Crippen LogP contribution in [0.3, 0.4) is 0 Å². The molecule has 2 aromatic carbocycles. The second kappa shape index (κ2) is 12.0. The Labute approximate surface area is 189 Å². The van der Waals surface area contributed by atoms with Crippen LogP contribution in [0.15, 0.2) is 48.5 Å². The van der Waals surface area contributed by atoms with Crippen molar-refractivity contribution < 1.29 is 9.59 Å². The molecular weight excluding hydrogens is 416 g/mol. The molecule has 0 heterocycles. The summed E-state index contributed by atoms with van der Waals surface area (Å²) in [6, 6.07) is 15.2. The maximum atomic E-state index is 13.2. The summed E-state index contributed by atoms with van der Waals surface area (Å²) < 4.78 is 0. The number of rotatable bonds is 10. The summed E-state index contributed by atoms with van der Waals surface area (Å²) in [5.41, 5.74) is 3.16. The van der Waals surface area contributed by atoms with E-state index in [2.05, 4.69) is 11.4 Å². The van der Waals surface area contributed by atoms with Crippen molar-refractivity contribution >= 4 is 35.2 Å². The van der Waals surface area contributed by atoms with Gasteiger partial charge in [0.15, 0.2) is 0 Å². The maximum absolute atomic E-state index is 13.2. The summed E-state index contributed by atoms with van der Waals surface area (Å²) in [4.78, 5) is 27.7. The van der Waals surface area contributed by atoms with Crippen LogP contribution < -0.4 is 5.32 Å². The lowest BCUT2D eigenvalue weighted by molar-refractivity contribution is -0.139. The predicted octanol–water partition coefficient (Wildman–Crippen LogP) is 5.21. The molecule has 1 N–H and O–H groups in total. The molecule has 6 heteroatoms. The highest BCUT2D eigenvalue weighted by molar-refractivity contribution is 7.99. The highest BCUT2D eigenvalue weighted by Crippen LogP contribution is 2.22. The summed E-state index contributed by atoms with van der Waals surface area (Å²) in [7, 11) is 0.